The molecule has 2 saturated carbocycles. The number of hydrogen-bond donors (Lipinski definition) is 0. The van der Waals surface area contributed by atoms with E-state index in [4.69, 9.17) is 0 Å². The van der Waals surface area contributed by atoms with Crippen LogP contribution >= 0.6 is 0 Å². The Morgan fingerprint density at radius 3 is 1.75 bits per heavy atom. The van der Waals surface area contributed by atoms with Crippen molar-refractivity contribution in [2.45, 2.75) is 70.6 Å². The molecule has 0 aliphatic heterocycles. The fourth-order valence-electron chi connectivity index (χ4n) is 3.70. The van der Waals surface area contributed by atoms with Crippen LogP contribution in [-0.2, 0) is 0 Å². The normalized spacial score (nSPS) is 33.9. The molecule has 2 aliphatic rings. The Balaban J connectivity index is 1.80. The standard InChI is InChI=1S/C14H24F2/c1-14(15,16)13-9-7-12(8-10-13)11-5-3-2-4-6-11/h11-13H,2-10H2,1H3. The minimum absolute atomic E-state index is 0.340. The highest BCUT2D eigenvalue weighted by Gasteiger charge is 2.38. The monoisotopic (exact) mass is 230 g/mol. The topological polar surface area (TPSA) is 0 Å². The summed E-state index contributed by atoms with van der Waals surface area (Å²) in [5, 5.41) is 0. The molecule has 0 amide bonds. The first kappa shape index (κ1) is 12.3. The van der Waals surface area contributed by atoms with E-state index in [1.807, 2.05) is 0 Å². The third kappa shape index (κ3) is 2.95. The molecular weight excluding hydrogens is 206 g/mol. The van der Waals surface area contributed by atoms with E-state index in [1.54, 1.807) is 0 Å². The minimum Gasteiger partial charge on any atom is -0.207 e. The van der Waals surface area contributed by atoms with Crippen molar-refractivity contribution >= 4 is 0 Å². The van der Waals surface area contributed by atoms with Crippen molar-refractivity contribution in [1.29, 1.82) is 0 Å². The van der Waals surface area contributed by atoms with Gasteiger partial charge in [0.2, 0.25) is 5.92 Å². The van der Waals surface area contributed by atoms with Gasteiger partial charge in [0.1, 0.15) is 0 Å². The molecule has 0 bridgehead atoms. The molecule has 0 aromatic carbocycles. The SMILES string of the molecule is CC(F)(F)C1CCC(C2CCCCC2)CC1. The van der Waals surface area contributed by atoms with E-state index < -0.39 is 5.92 Å². The quantitative estimate of drug-likeness (QED) is 0.624. The smallest absolute Gasteiger partial charge is 0.207 e. The molecule has 94 valence electrons. The van der Waals surface area contributed by atoms with Gasteiger partial charge in [-0.1, -0.05) is 32.1 Å². The molecule has 2 aliphatic carbocycles. The Bertz CT molecular complexity index is 205. The summed E-state index contributed by atoms with van der Waals surface area (Å²) in [6, 6.07) is 0. The summed E-state index contributed by atoms with van der Waals surface area (Å²) in [6.45, 7) is 1.10. The summed E-state index contributed by atoms with van der Waals surface area (Å²) in [5.74, 6) is -1.16. The van der Waals surface area contributed by atoms with Gasteiger partial charge in [0.15, 0.2) is 0 Å². The van der Waals surface area contributed by atoms with Crippen LogP contribution in [0.5, 0.6) is 0 Å². The second kappa shape index (κ2) is 5.01. The molecule has 0 atom stereocenters. The zero-order chi connectivity index (χ0) is 11.6. The lowest BCUT2D eigenvalue weighted by molar-refractivity contribution is -0.0614. The van der Waals surface area contributed by atoms with Gasteiger partial charge < -0.3 is 0 Å². The number of alkyl halides is 2. The van der Waals surface area contributed by atoms with Crippen LogP contribution in [0, 0.1) is 17.8 Å². The third-order valence-corrected chi connectivity index (χ3v) is 4.81. The van der Waals surface area contributed by atoms with E-state index in [1.165, 1.54) is 32.1 Å². The maximum Gasteiger partial charge on any atom is 0.248 e. The molecule has 0 aromatic rings. The summed E-state index contributed by atoms with van der Waals surface area (Å²) < 4.78 is 26.4. The fourth-order valence-corrected chi connectivity index (χ4v) is 3.70. The van der Waals surface area contributed by atoms with Gasteiger partial charge in [-0.05, 0) is 44.4 Å². The zero-order valence-electron chi connectivity index (χ0n) is 10.4. The summed E-state index contributed by atoms with van der Waals surface area (Å²) in [5.41, 5.74) is 0. The Kier molecular flexibility index (Phi) is 3.86. The second-order valence-electron chi connectivity index (χ2n) is 5.97. The Morgan fingerprint density at radius 2 is 1.25 bits per heavy atom. The van der Waals surface area contributed by atoms with Crippen LogP contribution in [0.15, 0.2) is 0 Å². The maximum absolute atomic E-state index is 13.2. The molecule has 0 spiro atoms. The summed E-state index contributed by atoms with van der Waals surface area (Å²) >= 11 is 0. The second-order valence-corrected chi connectivity index (χ2v) is 5.97. The number of halogens is 2. The van der Waals surface area contributed by atoms with Crippen LogP contribution in [0.3, 0.4) is 0 Å². The number of rotatable bonds is 2. The molecule has 0 radical (unpaired) electrons. The van der Waals surface area contributed by atoms with Crippen LogP contribution in [0.2, 0.25) is 0 Å². The van der Waals surface area contributed by atoms with E-state index in [9.17, 15) is 8.78 Å². The first-order valence-electron chi connectivity index (χ1n) is 6.95. The first-order chi connectivity index (χ1) is 7.57. The van der Waals surface area contributed by atoms with Gasteiger partial charge in [-0.15, -0.1) is 0 Å². The lowest BCUT2D eigenvalue weighted by atomic mass is 9.70. The van der Waals surface area contributed by atoms with E-state index in [0.29, 0.717) is 0 Å². The lowest BCUT2D eigenvalue weighted by Gasteiger charge is -2.37. The van der Waals surface area contributed by atoms with Gasteiger partial charge in [-0.3, -0.25) is 0 Å². The molecule has 0 aromatic heterocycles. The van der Waals surface area contributed by atoms with Gasteiger partial charge in [-0.25, -0.2) is 8.78 Å². The van der Waals surface area contributed by atoms with Crippen molar-refractivity contribution < 1.29 is 8.78 Å². The highest BCUT2D eigenvalue weighted by atomic mass is 19.3. The maximum atomic E-state index is 13.2. The van der Waals surface area contributed by atoms with E-state index >= 15 is 0 Å². The van der Waals surface area contributed by atoms with Gasteiger partial charge in [-0.2, -0.15) is 0 Å². The van der Waals surface area contributed by atoms with Gasteiger partial charge in [0, 0.05) is 5.92 Å². The number of hydrogen-bond acceptors (Lipinski definition) is 0. The van der Waals surface area contributed by atoms with E-state index in [0.717, 1.165) is 44.4 Å². The predicted octanol–water partition coefficient (Wildman–Crippen LogP) is 5.03. The van der Waals surface area contributed by atoms with Crippen LogP contribution < -0.4 is 0 Å². The molecule has 16 heavy (non-hydrogen) atoms. The highest BCUT2D eigenvalue weighted by molar-refractivity contribution is 4.83. The minimum atomic E-state index is -2.45. The van der Waals surface area contributed by atoms with Crippen LogP contribution in [0.25, 0.3) is 0 Å². The molecule has 0 nitrogen and oxygen atoms in total. The molecule has 2 rings (SSSR count). The summed E-state index contributed by atoms with van der Waals surface area (Å²) in [6.07, 6.45) is 10.5. The Labute approximate surface area is 97.8 Å². The fraction of sp³-hybridized carbons (Fsp3) is 1.00. The lowest BCUT2D eigenvalue weighted by Crippen LogP contribution is -2.31. The predicted molar refractivity (Wildman–Crippen MR) is 62.6 cm³/mol. The summed E-state index contributed by atoms with van der Waals surface area (Å²) in [4.78, 5) is 0. The van der Waals surface area contributed by atoms with Gasteiger partial charge in [0.25, 0.3) is 0 Å². The molecular formula is C14H24F2. The van der Waals surface area contributed by atoms with Gasteiger partial charge in [0.05, 0.1) is 0 Å². The molecule has 0 N–H and O–H groups in total. The third-order valence-electron chi connectivity index (χ3n) is 4.81. The molecule has 0 unspecified atom stereocenters. The average Bonchev–Trinajstić information content (AvgIpc) is 2.29. The molecule has 0 heterocycles. The molecule has 2 fully saturated rings. The Morgan fingerprint density at radius 1 is 0.750 bits per heavy atom. The molecule has 0 saturated heterocycles. The van der Waals surface area contributed by atoms with Crippen molar-refractivity contribution in [3.05, 3.63) is 0 Å². The van der Waals surface area contributed by atoms with E-state index in [2.05, 4.69) is 0 Å². The summed E-state index contributed by atoms with van der Waals surface area (Å²) in [7, 11) is 0. The zero-order valence-corrected chi connectivity index (χ0v) is 10.4. The largest absolute Gasteiger partial charge is 0.248 e. The van der Waals surface area contributed by atoms with Crippen LogP contribution in [0.4, 0.5) is 8.78 Å². The molecule has 2 heteroatoms. The first-order valence-corrected chi connectivity index (χ1v) is 6.95. The average molecular weight is 230 g/mol. The van der Waals surface area contributed by atoms with Crippen LogP contribution in [-0.4, -0.2) is 5.92 Å². The van der Waals surface area contributed by atoms with Gasteiger partial charge >= 0.3 is 0 Å². The van der Waals surface area contributed by atoms with Crippen molar-refractivity contribution in [1.82, 2.24) is 0 Å². The van der Waals surface area contributed by atoms with E-state index in [-0.39, 0.29) is 5.92 Å². The van der Waals surface area contributed by atoms with Crippen molar-refractivity contribution in [3.63, 3.8) is 0 Å². The van der Waals surface area contributed by atoms with Crippen molar-refractivity contribution in [3.8, 4) is 0 Å². The Hall–Kier alpha value is -0.140. The van der Waals surface area contributed by atoms with Crippen LogP contribution in [0.1, 0.15) is 64.7 Å². The van der Waals surface area contributed by atoms with Crippen molar-refractivity contribution in [2.75, 3.05) is 0 Å². The van der Waals surface area contributed by atoms with Crippen molar-refractivity contribution in [2.24, 2.45) is 17.8 Å². The highest BCUT2D eigenvalue weighted by Crippen LogP contribution is 2.43.